The van der Waals surface area contributed by atoms with Crippen molar-refractivity contribution in [2.45, 2.75) is 33.7 Å². The SMILES string of the molecule is CC(=O)N(CCC(=O)Nc1c(C)cc(C)cc1Cl)Cc1cccnc1. The summed E-state index contributed by atoms with van der Waals surface area (Å²) in [5.41, 5.74) is 3.51. The van der Waals surface area contributed by atoms with Gasteiger partial charge in [-0.3, -0.25) is 14.6 Å². The zero-order chi connectivity index (χ0) is 18.4. The largest absolute Gasteiger partial charge is 0.338 e. The monoisotopic (exact) mass is 359 g/mol. The lowest BCUT2D eigenvalue weighted by Crippen LogP contribution is -2.31. The molecule has 0 radical (unpaired) electrons. The van der Waals surface area contributed by atoms with Crippen molar-refractivity contribution >= 4 is 29.1 Å². The molecule has 1 heterocycles. The Kier molecular flexibility index (Phi) is 6.53. The van der Waals surface area contributed by atoms with E-state index in [1.165, 1.54) is 6.92 Å². The Balaban J connectivity index is 1.96. The highest BCUT2D eigenvalue weighted by atomic mass is 35.5. The fraction of sp³-hybridized carbons (Fsp3) is 0.316. The topological polar surface area (TPSA) is 62.3 Å². The zero-order valence-electron chi connectivity index (χ0n) is 14.7. The number of hydrogen-bond acceptors (Lipinski definition) is 3. The molecule has 0 aliphatic heterocycles. The number of benzene rings is 1. The summed E-state index contributed by atoms with van der Waals surface area (Å²) in [5.74, 6) is -0.257. The Morgan fingerprint density at radius 2 is 2.04 bits per heavy atom. The molecule has 1 aromatic carbocycles. The highest BCUT2D eigenvalue weighted by Crippen LogP contribution is 2.27. The molecule has 0 aliphatic carbocycles. The van der Waals surface area contributed by atoms with Crippen molar-refractivity contribution in [3.8, 4) is 0 Å². The molecule has 2 amide bonds. The summed E-state index contributed by atoms with van der Waals surface area (Å²) in [5, 5.41) is 3.36. The van der Waals surface area contributed by atoms with Crippen LogP contribution in [0.15, 0.2) is 36.7 Å². The first kappa shape index (κ1) is 18.9. The van der Waals surface area contributed by atoms with Crippen molar-refractivity contribution in [1.29, 1.82) is 0 Å². The van der Waals surface area contributed by atoms with Crippen molar-refractivity contribution < 1.29 is 9.59 Å². The molecule has 0 fully saturated rings. The van der Waals surface area contributed by atoms with Crippen molar-refractivity contribution in [3.05, 3.63) is 58.4 Å². The highest BCUT2D eigenvalue weighted by molar-refractivity contribution is 6.34. The fourth-order valence-corrected chi connectivity index (χ4v) is 2.94. The number of nitrogens with one attached hydrogen (secondary N) is 1. The molecule has 5 nitrogen and oxygen atoms in total. The van der Waals surface area contributed by atoms with Crippen LogP contribution in [-0.2, 0) is 16.1 Å². The second-order valence-corrected chi connectivity index (χ2v) is 6.45. The van der Waals surface area contributed by atoms with E-state index in [-0.39, 0.29) is 18.2 Å². The van der Waals surface area contributed by atoms with Crippen molar-refractivity contribution in [1.82, 2.24) is 9.88 Å². The van der Waals surface area contributed by atoms with E-state index in [1.807, 2.05) is 38.1 Å². The quantitative estimate of drug-likeness (QED) is 0.854. The summed E-state index contributed by atoms with van der Waals surface area (Å²) in [6.07, 6.45) is 3.59. The van der Waals surface area contributed by atoms with Crippen LogP contribution in [0.1, 0.15) is 30.0 Å². The predicted octanol–water partition coefficient (Wildman–Crippen LogP) is 3.73. The Morgan fingerprint density at radius 1 is 1.28 bits per heavy atom. The number of amides is 2. The van der Waals surface area contributed by atoms with Crippen LogP contribution in [0.3, 0.4) is 0 Å². The summed E-state index contributed by atoms with van der Waals surface area (Å²) >= 11 is 6.21. The van der Waals surface area contributed by atoms with Gasteiger partial charge in [0, 0.05) is 38.8 Å². The molecule has 0 saturated carbocycles. The van der Waals surface area contributed by atoms with Gasteiger partial charge in [-0.25, -0.2) is 0 Å². The van der Waals surface area contributed by atoms with Crippen LogP contribution in [0.25, 0.3) is 0 Å². The highest BCUT2D eigenvalue weighted by Gasteiger charge is 2.14. The van der Waals surface area contributed by atoms with Gasteiger partial charge in [0.25, 0.3) is 0 Å². The Labute approximate surface area is 153 Å². The van der Waals surface area contributed by atoms with E-state index in [9.17, 15) is 9.59 Å². The van der Waals surface area contributed by atoms with E-state index >= 15 is 0 Å². The van der Waals surface area contributed by atoms with Gasteiger partial charge < -0.3 is 10.2 Å². The maximum Gasteiger partial charge on any atom is 0.226 e. The molecule has 1 N–H and O–H groups in total. The van der Waals surface area contributed by atoms with Gasteiger partial charge >= 0.3 is 0 Å². The maximum atomic E-state index is 12.3. The first-order valence-electron chi connectivity index (χ1n) is 8.08. The minimum absolute atomic E-state index is 0.0822. The number of nitrogens with zero attached hydrogens (tertiary/aromatic N) is 2. The molecule has 2 rings (SSSR count). The molecule has 0 spiro atoms. The zero-order valence-corrected chi connectivity index (χ0v) is 15.4. The van der Waals surface area contributed by atoms with Gasteiger partial charge in [0.1, 0.15) is 0 Å². The standard InChI is InChI=1S/C19H22ClN3O2/c1-13-9-14(2)19(17(20)10-13)22-18(25)6-8-23(15(3)24)12-16-5-4-7-21-11-16/h4-5,7,9-11H,6,8,12H2,1-3H3,(H,22,25). The fourth-order valence-electron chi connectivity index (χ4n) is 2.57. The molecule has 0 aliphatic rings. The first-order chi connectivity index (χ1) is 11.9. The second-order valence-electron chi connectivity index (χ2n) is 6.04. The molecule has 1 aromatic heterocycles. The van der Waals surface area contributed by atoms with Crippen LogP contribution < -0.4 is 5.32 Å². The van der Waals surface area contributed by atoms with Crippen molar-refractivity contribution in [2.75, 3.05) is 11.9 Å². The van der Waals surface area contributed by atoms with E-state index in [0.717, 1.165) is 16.7 Å². The van der Waals surface area contributed by atoms with Crippen LogP contribution in [0, 0.1) is 13.8 Å². The lowest BCUT2D eigenvalue weighted by Gasteiger charge is -2.21. The van der Waals surface area contributed by atoms with Crippen molar-refractivity contribution in [2.24, 2.45) is 0 Å². The molecule has 2 aromatic rings. The molecule has 0 bridgehead atoms. The van der Waals surface area contributed by atoms with Gasteiger partial charge in [-0.05, 0) is 42.7 Å². The Bertz CT molecular complexity index is 740. The van der Waals surface area contributed by atoms with Crippen LogP contribution >= 0.6 is 11.6 Å². The molecular weight excluding hydrogens is 338 g/mol. The van der Waals surface area contributed by atoms with Gasteiger partial charge in [-0.2, -0.15) is 0 Å². The number of rotatable bonds is 6. The number of pyridine rings is 1. The minimum Gasteiger partial charge on any atom is -0.338 e. The number of carbonyl (C=O) groups is 2. The average molecular weight is 360 g/mol. The van der Waals surface area contributed by atoms with Crippen LogP contribution in [0.4, 0.5) is 5.69 Å². The number of carbonyl (C=O) groups excluding carboxylic acids is 2. The summed E-state index contributed by atoms with van der Waals surface area (Å²) < 4.78 is 0. The summed E-state index contributed by atoms with van der Waals surface area (Å²) in [6.45, 7) is 6.11. The van der Waals surface area contributed by atoms with Crippen molar-refractivity contribution in [3.63, 3.8) is 0 Å². The molecular formula is C19H22ClN3O2. The number of aryl methyl sites for hydroxylation is 2. The van der Waals surface area contributed by atoms with E-state index in [2.05, 4.69) is 10.3 Å². The minimum atomic E-state index is -0.175. The first-order valence-corrected chi connectivity index (χ1v) is 8.45. The third-order valence-corrected chi connectivity index (χ3v) is 4.14. The van der Waals surface area contributed by atoms with E-state index < -0.39 is 0 Å². The normalized spacial score (nSPS) is 10.4. The molecule has 0 saturated heterocycles. The number of anilines is 1. The van der Waals surface area contributed by atoms with E-state index in [0.29, 0.717) is 23.8 Å². The molecule has 132 valence electrons. The van der Waals surface area contributed by atoms with Crippen LogP contribution in [0.2, 0.25) is 5.02 Å². The van der Waals surface area contributed by atoms with Crippen LogP contribution in [-0.4, -0.2) is 28.2 Å². The van der Waals surface area contributed by atoms with Gasteiger partial charge in [0.15, 0.2) is 0 Å². The van der Waals surface area contributed by atoms with Gasteiger partial charge in [0.05, 0.1) is 10.7 Å². The second kappa shape index (κ2) is 8.62. The molecule has 0 atom stereocenters. The summed E-state index contributed by atoms with van der Waals surface area (Å²) in [4.78, 5) is 29.7. The summed E-state index contributed by atoms with van der Waals surface area (Å²) in [6, 6.07) is 7.50. The van der Waals surface area contributed by atoms with Crippen LogP contribution in [0.5, 0.6) is 0 Å². The van der Waals surface area contributed by atoms with Gasteiger partial charge in [0.2, 0.25) is 11.8 Å². The number of aromatic nitrogens is 1. The molecule has 25 heavy (non-hydrogen) atoms. The number of hydrogen-bond donors (Lipinski definition) is 1. The Morgan fingerprint density at radius 3 is 2.64 bits per heavy atom. The van der Waals surface area contributed by atoms with Gasteiger partial charge in [-0.1, -0.05) is 23.7 Å². The Hall–Kier alpha value is -2.40. The molecule has 0 unspecified atom stereocenters. The average Bonchev–Trinajstić information content (AvgIpc) is 2.55. The third-order valence-electron chi connectivity index (χ3n) is 3.85. The smallest absolute Gasteiger partial charge is 0.226 e. The lowest BCUT2D eigenvalue weighted by molar-refractivity contribution is -0.129. The molecule has 6 heteroatoms. The maximum absolute atomic E-state index is 12.3. The lowest BCUT2D eigenvalue weighted by atomic mass is 10.1. The van der Waals surface area contributed by atoms with E-state index in [1.54, 1.807) is 17.3 Å². The van der Waals surface area contributed by atoms with Gasteiger partial charge in [-0.15, -0.1) is 0 Å². The van der Waals surface area contributed by atoms with E-state index in [4.69, 9.17) is 11.6 Å². The third kappa shape index (κ3) is 5.57. The summed E-state index contributed by atoms with van der Waals surface area (Å²) in [7, 11) is 0. The number of halogens is 1. The predicted molar refractivity (Wildman–Crippen MR) is 99.5 cm³/mol.